The van der Waals surface area contributed by atoms with E-state index < -0.39 is 53.1 Å². The molecule has 0 aliphatic carbocycles. The number of benzene rings is 1. The van der Waals surface area contributed by atoms with Crippen LogP contribution in [0.2, 0.25) is 0 Å². The summed E-state index contributed by atoms with van der Waals surface area (Å²) in [6.45, 7) is 17.0. The Bertz CT molecular complexity index is 991. The minimum atomic E-state index is -1.06. The first-order chi connectivity index (χ1) is 17.3. The van der Waals surface area contributed by atoms with Gasteiger partial charge in [0.2, 0.25) is 0 Å². The van der Waals surface area contributed by atoms with Gasteiger partial charge in [-0.25, -0.2) is 4.79 Å². The molecule has 1 unspecified atom stereocenters. The van der Waals surface area contributed by atoms with Crippen LogP contribution < -0.4 is 15.2 Å². The number of rotatable bonds is 10. The number of nitrogens with two attached hydrogens (primary N) is 1. The van der Waals surface area contributed by atoms with Gasteiger partial charge in [0, 0.05) is 0 Å². The third kappa shape index (κ3) is 10.7. The van der Waals surface area contributed by atoms with Crippen molar-refractivity contribution in [2.45, 2.75) is 106 Å². The maximum atomic E-state index is 12.6. The first-order valence-corrected chi connectivity index (χ1v) is 12.8. The molecule has 38 heavy (non-hydrogen) atoms. The summed E-state index contributed by atoms with van der Waals surface area (Å²) in [7, 11) is 0. The topological polar surface area (TPSA) is 140 Å². The van der Waals surface area contributed by atoms with Crippen LogP contribution in [0.4, 0.5) is 4.79 Å². The smallest absolute Gasteiger partial charge is 0.458 e. The van der Waals surface area contributed by atoms with Gasteiger partial charge in [0.15, 0.2) is 11.5 Å². The molecule has 0 radical (unpaired) electrons. The lowest BCUT2D eigenvalue weighted by molar-refractivity contribution is -0.155. The van der Waals surface area contributed by atoms with Gasteiger partial charge in [0.25, 0.3) is 0 Å². The van der Waals surface area contributed by atoms with E-state index in [2.05, 4.69) is 0 Å². The monoisotopic (exact) mass is 537 g/mol. The van der Waals surface area contributed by atoms with Crippen LogP contribution >= 0.6 is 0 Å². The largest absolute Gasteiger partial charge is 0.508 e. The lowest BCUT2D eigenvalue weighted by Gasteiger charge is -2.23. The second kappa shape index (κ2) is 13.6. The molecule has 0 aromatic heterocycles. The summed E-state index contributed by atoms with van der Waals surface area (Å²) in [5, 5.41) is 0. The summed E-state index contributed by atoms with van der Waals surface area (Å²) in [4.78, 5) is 49.4. The van der Waals surface area contributed by atoms with Crippen LogP contribution in [0.15, 0.2) is 18.2 Å². The first-order valence-electron chi connectivity index (χ1n) is 12.8. The van der Waals surface area contributed by atoms with E-state index in [-0.39, 0.29) is 24.0 Å². The van der Waals surface area contributed by atoms with E-state index in [1.807, 2.05) is 6.92 Å². The highest BCUT2D eigenvalue weighted by molar-refractivity contribution is 5.81. The average Bonchev–Trinajstić information content (AvgIpc) is 2.78. The van der Waals surface area contributed by atoms with E-state index >= 15 is 0 Å². The molecule has 4 atom stereocenters. The second-order valence-electron chi connectivity index (χ2n) is 11.4. The molecule has 0 amide bonds. The van der Waals surface area contributed by atoms with Gasteiger partial charge in [-0.2, -0.15) is 0 Å². The molecular formula is C28H43NO9. The molecule has 0 aliphatic heterocycles. The van der Waals surface area contributed by atoms with Gasteiger partial charge in [-0.15, -0.1) is 0 Å². The van der Waals surface area contributed by atoms with Crippen LogP contribution in [-0.4, -0.2) is 48.4 Å². The number of hydrogen-bond acceptors (Lipinski definition) is 10. The summed E-state index contributed by atoms with van der Waals surface area (Å²) in [6, 6.07) is 3.55. The summed E-state index contributed by atoms with van der Waals surface area (Å²) in [5.74, 6) is -1.63. The molecule has 2 N–H and O–H groups in total. The van der Waals surface area contributed by atoms with Crippen molar-refractivity contribution in [3.05, 3.63) is 23.8 Å². The van der Waals surface area contributed by atoms with Crippen LogP contribution in [0, 0.1) is 10.8 Å². The fraction of sp³-hybridized carbons (Fsp3) is 0.643. The molecule has 1 aromatic rings. The third-order valence-electron chi connectivity index (χ3n) is 5.51. The maximum absolute atomic E-state index is 12.6. The van der Waals surface area contributed by atoms with Crippen molar-refractivity contribution in [2.24, 2.45) is 16.6 Å². The zero-order chi connectivity index (χ0) is 29.4. The Kier molecular flexibility index (Phi) is 11.8. The lowest BCUT2D eigenvalue weighted by atomic mass is 9.97. The fourth-order valence-electron chi connectivity index (χ4n) is 2.58. The van der Waals surface area contributed by atoms with Crippen LogP contribution in [0.3, 0.4) is 0 Å². The number of carbonyl (C=O) groups is 4. The first kappa shape index (κ1) is 32.9. The van der Waals surface area contributed by atoms with Crippen molar-refractivity contribution in [1.82, 2.24) is 0 Å². The fourth-order valence-corrected chi connectivity index (χ4v) is 2.58. The van der Waals surface area contributed by atoms with Crippen molar-refractivity contribution < 1.29 is 42.9 Å². The molecule has 0 heterocycles. The standard InChI is InChI=1S/C28H43NO9/c1-11-16(2)34-26(33)36-18(4)17(3)35-23(30)20(29)14-19-12-13-21(37-24(31)27(5,6)7)22(15-19)38-25(32)28(8,9)10/h12-13,15-18,20H,11,14,29H2,1-10H3/t16?,17-,18-,20-/m0/s1. The van der Waals surface area contributed by atoms with Gasteiger partial charge in [-0.05, 0) is 92.9 Å². The Morgan fingerprint density at radius 2 is 1.29 bits per heavy atom. The Balaban J connectivity index is 2.96. The van der Waals surface area contributed by atoms with Crippen molar-refractivity contribution in [3.8, 4) is 11.5 Å². The van der Waals surface area contributed by atoms with E-state index in [4.69, 9.17) is 29.4 Å². The highest BCUT2D eigenvalue weighted by atomic mass is 16.7. The summed E-state index contributed by atoms with van der Waals surface area (Å²) in [6.07, 6.45) is -1.99. The molecule has 0 saturated carbocycles. The van der Waals surface area contributed by atoms with Crippen molar-refractivity contribution in [1.29, 1.82) is 0 Å². The number of esters is 3. The number of ether oxygens (including phenoxy) is 5. The van der Waals surface area contributed by atoms with E-state index in [0.717, 1.165) is 0 Å². The number of hydrogen-bond donors (Lipinski definition) is 1. The molecule has 10 heteroatoms. The van der Waals surface area contributed by atoms with E-state index in [1.165, 1.54) is 12.1 Å². The molecule has 0 bridgehead atoms. The zero-order valence-electron chi connectivity index (χ0n) is 24.2. The molecule has 214 valence electrons. The van der Waals surface area contributed by atoms with Crippen LogP contribution in [-0.2, 0) is 35.0 Å². The lowest BCUT2D eigenvalue weighted by Crippen LogP contribution is -2.39. The van der Waals surface area contributed by atoms with Crippen molar-refractivity contribution in [2.75, 3.05) is 0 Å². The van der Waals surface area contributed by atoms with Crippen LogP contribution in [0.1, 0.15) is 81.2 Å². The summed E-state index contributed by atoms with van der Waals surface area (Å²) >= 11 is 0. The van der Waals surface area contributed by atoms with E-state index in [1.54, 1.807) is 68.4 Å². The Morgan fingerprint density at radius 1 is 0.789 bits per heavy atom. The van der Waals surface area contributed by atoms with Crippen molar-refractivity contribution in [3.63, 3.8) is 0 Å². The van der Waals surface area contributed by atoms with Crippen molar-refractivity contribution >= 4 is 24.1 Å². The molecule has 1 rings (SSSR count). The van der Waals surface area contributed by atoms with Gasteiger partial charge < -0.3 is 29.4 Å². The molecule has 0 fully saturated rings. The SMILES string of the molecule is CCC(C)OC(=O)O[C@@H](C)[C@H](C)OC(=O)[C@@H](N)Cc1ccc(OC(=O)C(C)(C)C)c(OC(=O)C(C)(C)C)c1. The van der Waals surface area contributed by atoms with Gasteiger partial charge in [-0.1, -0.05) is 13.0 Å². The van der Waals surface area contributed by atoms with Gasteiger partial charge in [-0.3, -0.25) is 14.4 Å². The second-order valence-corrected chi connectivity index (χ2v) is 11.4. The molecule has 1 aromatic carbocycles. The average molecular weight is 538 g/mol. The van der Waals surface area contributed by atoms with E-state index in [9.17, 15) is 19.2 Å². The van der Waals surface area contributed by atoms with Gasteiger partial charge in [0.05, 0.1) is 10.8 Å². The van der Waals surface area contributed by atoms with Crippen LogP contribution in [0.5, 0.6) is 11.5 Å². The van der Waals surface area contributed by atoms with Gasteiger partial charge in [0.1, 0.15) is 24.4 Å². The Morgan fingerprint density at radius 3 is 1.79 bits per heavy atom. The van der Waals surface area contributed by atoms with Gasteiger partial charge >= 0.3 is 24.1 Å². The minimum Gasteiger partial charge on any atom is -0.458 e. The Labute approximate surface area is 225 Å². The highest BCUT2D eigenvalue weighted by Gasteiger charge is 2.29. The maximum Gasteiger partial charge on any atom is 0.508 e. The summed E-state index contributed by atoms with van der Waals surface area (Å²) < 4.78 is 26.6. The molecule has 0 spiro atoms. The summed E-state index contributed by atoms with van der Waals surface area (Å²) in [5.41, 5.74) is 5.04. The molecule has 10 nitrogen and oxygen atoms in total. The molecule has 0 aliphatic rings. The highest BCUT2D eigenvalue weighted by Crippen LogP contribution is 2.33. The Hall–Kier alpha value is -3.14. The van der Waals surface area contributed by atoms with E-state index in [0.29, 0.717) is 12.0 Å². The predicted molar refractivity (Wildman–Crippen MR) is 141 cm³/mol. The normalized spacial score (nSPS) is 14.9. The number of carbonyl (C=O) groups excluding carboxylic acids is 4. The zero-order valence-corrected chi connectivity index (χ0v) is 24.2. The predicted octanol–water partition coefficient (Wildman–Crippen LogP) is 4.73. The quantitative estimate of drug-likeness (QED) is 0.329. The minimum absolute atomic E-state index is 0.0378. The molecule has 0 saturated heterocycles. The third-order valence-corrected chi connectivity index (χ3v) is 5.51. The molecular weight excluding hydrogens is 494 g/mol. The van der Waals surface area contributed by atoms with Crippen LogP contribution in [0.25, 0.3) is 0 Å².